The number of hydrogen-bond donors (Lipinski definition) is 8. The Kier molecular flexibility index (Phi) is 17.9. The van der Waals surface area contributed by atoms with Crippen LogP contribution in [-0.4, -0.2) is 118 Å². The van der Waals surface area contributed by atoms with Gasteiger partial charge >= 0.3 is 36.4 Å². The first-order valence-corrected chi connectivity index (χ1v) is 14.2. The second-order valence-electron chi connectivity index (χ2n) is 10.6. The molecule has 0 aliphatic heterocycles. The van der Waals surface area contributed by atoms with Crippen LogP contribution in [0.5, 0.6) is 0 Å². The fourth-order valence-electron chi connectivity index (χ4n) is 3.78. The molecule has 0 spiro atoms. The molecule has 1 aliphatic carbocycles. The van der Waals surface area contributed by atoms with Gasteiger partial charge in [-0.1, -0.05) is 24.5 Å². The molecular formula is C27H35F9N8O7. The van der Waals surface area contributed by atoms with Gasteiger partial charge in [0, 0.05) is 30.6 Å². The highest BCUT2D eigenvalue weighted by molar-refractivity contribution is 5.96. The predicted octanol–water partition coefficient (Wildman–Crippen LogP) is 3.34. The van der Waals surface area contributed by atoms with E-state index in [1.807, 2.05) is 44.1 Å². The smallest absolute Gasteiger partial charge is 0.475 e. The lowest BCUT2D eigenvalue weighted by molar-refractivity contribution is -0.193. The number of fused-ring (bicyclic) bond motifs is 1. The van der Waals surface area contributed by atoms with E-state index in [4.69, 9.17) is 40.8 Å². The third-order valence-corrected chi connectivity index (χ3v) is 6.06. The van der Waals surface area contributed by atoms with Gasteiger partial charge in [0.25, 0.3) is 5.91 Å². The van der Waals surface area contributed by atoms with E-state index in [0.717, 1.165) is 48.7 Å². The zero-order valence-electron chi connectivity index (χ0n) is 26.9. The van der Waals surface area contributed by atoms with Crippen LogP contribution in [0.4, 0.5) is 45.3 Å². The molecule has 1 heterocycles. The van der Waals surface area contributed by atoms with Crippen molar-refractivity contribution >= 4 is 46.5 Å². The SMILES string of the molecule is Cc1ccc2nc(C(=O)NCCN(C)C)nc(NC3CCCCC3NC(=N)N)c2c1.O=C(O)C(F)(F)F.O=C(O)C(F)(F)F.O=C(O)C(F)(F)F. The number of aromatic nitrogens is 2. The number of halogens is 9. The van der Waals surface area contributed by atoms with Crippen LogP contribution >= 0.6 is 0 Å². The summed E-state index contributed by atoms with van der Waals surface area (Å²) < 4.78 is 95.2. The molecule has 24 heteroatoms. The number of nitrogens with two attached hydrogens (primary N) is 1. The van der Waals surface area contributed by atoms with Crippen molar-refractivity contribution in [2.45, 2.75) is 63.2 Å². The van der Waals surface area contributed by atoms with E-state index < -0.39 is 36.4 Å². The van der Waals surface area contributed by atoms with Gasteiger partial charge in [-0.3, -0.25) is 10.2 Å². The monoisotopic (exact) mass is 754 g/mol. The minimum absolute atomic E-state index is 0.0296. The largest absolute Gasteiger partial charge is 0.490 e. The van der Waals surface area contributed by atoms with Crippen LogP contribution in [0.1, 0.15) is 41.9 Å². The Hall–Kier alpha value is -5.16. The Bertz CT molecular complexity index is 1450. The highest BCUT2D eigenvalue weighted by atomic mass is 19.4. The van der Waals surface area contributed by atoms with E-state index in [1.54, 1.807) is 0 Å². The lowest BCUT2D eigenvalue weighted by Gasteiger charge is -2.33. The fourth-order valence-corrected chi connectivity index (χ4v) is 3.78. The van der Waals surface area contributed by atoms with Gasteiger partial charge in [-0.2, -0.15) is 39.5 Å². The van der Waals surface area contributed by atoms with Crippen LogP contribution in [0.2, 0.25) is 0 Å². The maximum absolute atomic E-state index is 12.7. The Morgan fingerprint density at radius 1 is 0.863 bits per heavy atom. The zero-order chi connectivity index (χ0) is 39.9. The number of amides is 1. The van der Waals surface area contributed by atoms with E-state index >= 15 is 0 Å². The zero-order valence-corrected chi connectivity index (χ0v) is 26.9. The summed E-state index contributed by atoms with van der Waals surface area (Å²) in [7, 11) is 3.91. The average Bonchev–Trinajstić information content (AvgIpc) is 2.97. The van der Waals surface area contributed by atoms with E-state index in [1.165, 1.54) is 0 Å². The summed E-state index contributed by atoms with van der Waals surface area (Å²) in [6, 6.07) is 6.03. The van der Waals surface area contributed by atoms with Crippen molar-refractivity contribution in [2.24, 2.45) is 5.73 Å². The number of likely N-dealkylation sites (N-methyl/N-ethyl adjacent to an activating group) is 1. The predicted molar refractivity (Wildman–Crippen MR) is 161 cm³/mol. The number of guanidine groups is 1. The van der Waals surface area contributed by atoms with Gasteiger partial charge in [0.2, 0.25) is 5.82 Å². The van der Waals surface area contributed by atoms with Crippen LogP contribution in [-0.2, 0) is 14.4 Å². The maximum atomic E-state index is 12.7. The summed E-state index contributed by atoms with van der Waals surface area (Å²) >= 11 is 0. The number of carbonyl (C=O) groups is 4. The highest BCUT2D eigenvalue weighted by Crippen LogP contribution is 2.27. The first kappa shape index (κ1) is 45.8. The minimum Gasteiger partial charge on any atom is -0.475 e. The van der Waals surface area contributed by atoms with Crippen molar-refractivity contribution in [1.29, 1.82) is 5.41 Å². The molecule has 2 unspecified atom stereocenters. The fraction of sp³-hybridized carbons (Fsp3) is 0.519. The molecule has 1 fully saturated rings. The Balaban J connectivity index is 0.000000966. The molecule has 0 radical (unpaired) electrons. The molecule has 2 atom stereocenters. The van der Waals surface area contributed by atoms with Gasteiger partial charge < -0.3 is 41.9 Å². The number of nitrogens with zero attached hydrogens (tertiary/aromatic N) is 3. The first-order valence-electron chi connectivity index (χ1n) is 14.2. The molecule has 51 heavy (non-hydrogen) atoms. The summed E-state index contributed by atoms with van der Waals surface area (Å²) in [4.78, 5) is 50.4. The van der Waals surface area contributed by atoms with Crippen LogP contribution in [0.25, 0.3) is 10.9 Å². The molecule has 9 N–H and O–H groups in total. The standard InChI is InChI=1S/C21H32N8O.3C2HF3O2/c1-13-8-9-15-14(12-13)18(26-16-6-4-5-7-17(16)27-21(22)23)28-19(25-15)20(30)24-10-11-29(2)3;3*3-2(4,5)1(6)7/h8-9,12,16-17H,4-7,10-11H2,1-3H3,(H,24,30)(H4,22,23,27)(H,25,26,28);3*(H,6,7). The third-order valence-electron chi connectivity index (χ3n) is 6.06. The molecule has 0 saturated heterocycles. The maximum Gasteiger partial charge on any atom is 0.490 e. The number of aliphatic carboxylic acids is 3. The van der Waals surface area contributed by atoms with Gasteiger partial charge in [0.05, 0.1) is 5.52 Å². The number of hydrogen-bond acceptors (Lipinski definition) is 9. The topological polar surface area (TPSA) is 244 Å². The van der Waals surface area contributed by atoms with Crippen LogP contribution in [0.3, 0.4) is 0 Å². The van der Waals surface area contributed by atoms with E-state index in [0.29, 0.717) is 12.4 Å². The second kappa shape index (κ2) is 19.9. The highest BCUT2D eigenvalue weighted by Gasteiger charge is 2.39. The van der Waals surface area contributed by atoms with Crippen molar-refractivity contribution < 1.29 is 74.0 Å². The number of rotatable bonds is 7. The number of carboxylic acid groups (broad SMARTS) is 3. The van der Waals surface area contributed by atoms with Crippen molar-refractivity contribution in [3.8, 4) is 0 Å². The summed E-state index contributed by atoms with van der Waals surface area (Å²) in [5.74, 6) is -7.79. The number of aryl methyl sites for hydroxylation is 1. The Morgan fingerprint density at radius 2 is 1.31 bits per heavy atom. The quantitative estimate of drug-likeness (QED) is 0.115. The van der Waals surface area contributed by atoms with Crippen molar-refractivity contribution in [3.05, 3.63) is 29.6 Å². The molecule has 288 valence electrons. The van der Waals surface area contributed by atoms with Crippen molar-refractivity contribution in [3.63, 3.8) is 0 Å². The summed E-state index contributed by atoms with van der Waals surface area (Å²) in [5.41, 5.74) is 7.40. The molecule has 1 aromatic carbocycles. The molecule has 1 saturated carbocycles. The van der Waals surface area contributed by atoms with Gasteiger partial charge in [0.1, 0.15) is 5.82 Å². The van der Waals surface area contributed by atoms with E-state index in [9.17, 15) is 44.3 Å². The minimum atomic E-state index is -5.08. The number of nitrogens with one attached hydrogen (secondary N) is 4. The first-order chi connectivity index (χ1) is 23.2. The number of carboxylic acids is 3. The molecule has 15 nitrogen and oxygen atoms in total. The summed E-state index contributed by atoms with van der Waals surface area (Å²) in [5, 5.41) is 39.3. The number of anilines is 1. The lowest BCUT2D eigenvalue weighted by Crippen LogP contribution is -2.50. The van der Waals surface area contributed by atoms with E-state index in [-0.39, 0.29) is 29.8 Å². The molecule has 2 aromatic rings. The number of alkyl halides is 9. The second-order valence-corrected chi connectivity index (χ2v) is 10.6. The average molecular weight is 755 g/mol. The molecular weight excluding hydrogens is 719 g/mol. The normalized spacial score (nSPS) is 15.8. The summed E-state index contributed by atoms with van der Waals surface area (Å²) in [6.07, 6.45) is -11.2. The molecule has 1 aromatic heterocycles. The third kappa shape index (κ3) is 18.4. The Morgan fingerprint density at radius 3 is 1.73 bits per heavy atom. The van der Waals surface area contributed by atoms with Crippen LogP contribution < -0.4 is 21.7 Å². The number of carbonyl (C=O) groups excluding carboxylic acids is 1. The van der Waals surface area contributed by atoms with Crippen molar-refractivity contribution in [1.82, 2.24) is 25.5 Å². The lowest BCUT2D eigenvalue weighted by atomic mass is 9.90. The molecule has 3 rings (SSSR count). The van der Waals surface area contributed by atoms with E-state index in [2.05, 4.69) is 25.9 Å². The Labute approximate surface area is 282 Å². The number of benzene rings is 1. The van der Waals surface area contributed by atoms with Gasteiger partial charge in [-0.15, -0.1) is 0 Å². The van der Waals surface area contributed by atoms with Gasteiger partial charge in [-0.05, 0) is 46.0 Å². The van der Waals surface area contributed by atoms with Crippen LogP contribution in [0, 0.1) is 12.3 Å². The molecule has 1 amide bonds. The molecule has 0 bridgehead atoms. The molecule has 1 aliphatic rings. The summed E-state index contributed by atoms with van der Waals surface area (Å²) in [6.45, 7) is 3.28. The van der Waals surface area contributed by atoms with Crippen LogP contribution in [0.15, 0.2) is 18.2 Å². The van der Waals surface area contributed by atoms with Crippen molar-refractivity contribution in [2.75, 3.05) is 32.5 Å². The van der Waals surface area contributed by atoms with Gasteiger partial charge in [-0.25, -0.2) is 24.4 Å². The van der Waals surface area contributed by atoms with Gasteiger partial charge in [0.15, 0.2) is 5.96 Å².